The minimum Gasteiger partial charge on any atom is -0.367 e. The van der Waals surface area contributed by atoms with Gasteiger partial charge in [-0.2, -0.15) is 0 Å². The van der Waals surface area contributed by atoms with Gasteiger partial charge in [0.2, 0.25) is 10.0 Å². The molecule has 0 atom stereocenters. The zero-order valence-electron chi connectivity index (χ0n) is 13.9. The first kappa shape index (κ1) is 16.3. The molecule has 2 aliphatic carbocycles. The highest BCUT2D eigenvalue weighted by molar-refractivity contribution is 7.89. The maximum atomic E-state index is 12.2. The van der Waals surface area contributed by atoms with Crippen molar-refractivity contribution in [1.82, 2.24) is 14.6 Å². The summed E-state index contributed by atoms with van der Waals surface area (Å²) >= 11 is 0. The largest absolute Gasteiger partial charge is 0.367 e. The Balaban J connectivity index is 1.30. The molecule has 0 amide bonds. The average molecular weight is 350 g/mol. The average Bonchev–Trinajstić information content (AvgIpc) is 3.48. The molecule has 1 aromatic heterocycles. The van der Waals surface area contributed by atoms with Crippen LogP contribution in [0.3, 0.4) is 0 Å². The maximum absolute atomic E-state index is 12.2. The Labute approximate surface area is 144 Å². The summed E-state index contributed by atoms with van der Waals surface area (Å²) in [7, 11) is -3.42. The van der Waals surface area contributed by atoms with Crippen molar-refractivity contribution in [3.05, 3.63) is 18.3 Å². The number of hydrogen-bond donors (Lipinski definition) is 2. The van der Waals surface area contributed by atoms with Gasteiger partial charge in [0.25, 0.3) is 0 Å². The number of rotatable bonds is 7. The molecule has 132 valence electrons. The van der Waals surface area contributed by atoms with E-state index in [4.69, 9.17) is 0 Å². The lowest BCUT2D eigenvalue weighted by Gasteiger charge is -2.32. The summed E-state index contributed by atoms with van der Waals surface area (Å²) in [5.74, 6) is 1.29. The van der Waals surface area contributed by atoms with Gasteiger partial charge in [0.05, 0.1) is 0 Å². The van der Waals surface area contributed by atoms with Gasteiger partial charge < -0.3 is 10.2 Å². The van der Waals surface area contributed by atoms with Crippen molar-refractivity contribution in [2.45, 2.75) is 55.5 Å². The summed E-state index contributed by atoms with van der Waals surface area (Å²) in [6, 6.07) is 4.70. The van der Waals surface area contributed by atoms with Gasteiger partial charge in [0, 0.05) is 37.9 Å². The normalized spacial score (nSPS) is 23.3. The van der Waals surface area contributed by atoms with Crippen LogP contribution in [-0.4, -0.2) is 50.0 Å². The van der Waals surface area contributed by atoms with Gasteiger partial charge in [0.15, 0.2) is 0 Å². The van der Waals surface area contributed by atoms with Crippen LogP contribution in [-0.2, 0) is 10.0 Å². The molecule has 6 nitrogen and oxygen atoms in total. The molecule has 7 heteroatoms. The number of nitrogens with zero attached hydrogens (tertiary/aromatic N) is 2. The number of anilines is 1. The lowest BCUT2D eigenvalue weighted by Crippen LogP contribution is -2.40. The van der Waals surface area contributed by atoms with E-state index in [1.807, 2.05) is 0 Å². The van der Waals surface area contributed by atoms with Crippen molar-refractivity contribution in [3.63, 3.8) is 0 Å². The minimum atomic E-state index is -3.42. The minimum absolute atomic E-state index is 0.247. The molecule has 2 saturated carbocycles. The molecule has 0 radical (unpaired) electrons. The Bertz CT molecular complexity index is 660. The number of hydrogen-bond acceptors (Lipinski definition) is 5. The van der Waals surface area contributed by atoms with Crippen molar-refractivity contribution in [3.8, 4) is 0 Å². The predicted octanol–water partition coefficient (Wildman–Crippen LogP) is 1.81. The van der Waals surface area contributed by atoms with Gasteiger partial charge >= 0.3 is 0 Å². The number of piperidine rings is 1. The topological polar surface area (TPSA) is 74.3 Å². The fourth-order valence-corrected chi connectivity index (χ4v) is 4.38. The molecule has 0 aromatic carbocycles. The monoisotopic (exact) mass is 350 g/mol. The fraction of sp³-hybridized carbons (Fsp3) is 0.706. The fourth-order valence-electron chi connectivity index (χ4n) is 3.32. The Morgan fingerprint density at radius 2 is 1.83 bits per heavy atom. The molecule has 24 heavy (non-hydrogen) atoms. The van der Waals surface area contributed by atoms with E-state index in [-0.39, 0.29) is 4.90 Å². The molecule has 2 heterocycles. The van der Waals surface area contributed by atoms with Crippen LogP contribution >= 0.6 is 0 Å². The number of pyridine rings is 1. The Kier molecular flexibility index (Phi) is 4.49. The first-order valence-corrected chi connectivity index (χ1v) is 10.5. The number of sulfonamides is 1. The van der Waals surface area contributed by atoms with Gasteiger partial charge in [-0.3, -0.25) is 0 Å². The van der Waals surface area contributed by atoms with Crippen molar-refractivity contribution < 1.29 is 8.42 Å². The third-order valence-corrected chi connectivity index (χ3v) is 6.66. The second-order valence-electron chi connectivity index (χ2n) is 7.36. The Morgan fingerprint density at radius 3 is 2.42 bits per heavy atom. The van der Waals surface area contributed by atoms with Crippen molar-refractivity contribution in [2.75, 3.05) is 25.0 Å². The number of aromatic nitrogens is 1. The Morgan fingerprint density at radius 1 is 1.08 bits per heavy atom. The zero-order chi connectivity index (χ0) is 16.6. The third kappa shape index (κ3) is 4.07. The summed E-state index contributed by atoms with van der Waals surface area (Å²) in [4.78, 5) is 7.14. The van der Waals surface area contributed by atoms with Crippen LogP contribution in [0.15, 0.2) is 23.2 Å². The van der Waals surface area contributed by atoms with Crippen LogP contribution in [0.2, 0.25) is 0 Å². The first-order valence-electron chi connectivity index (χ1n) is 9.06. The number of likely N-dealkylation sites (tertiary alicyclic amines) is 1. The van der Waals surface area contributed by atoms with Crippen LogP contribution in [0, 0.1) is 5.92 Å². The van der Waals surface area contributed by atoms with E-state index in [0.29, 0.717) is 18.5 Å². The highest BCUT2D eigenvalue weighted by Gasteiger charge is 2.31. The molecule has 4 rings (SSSR count). The maximum Gasteiger partial charge on any atom is 0.242 e. The second kappa shape index (κ2) is 6.61. The highest BCUT2D eigenvalue weighted by Crippen LogP contribution is 2.30. The highest BCUT2D eigenvalue weighted by atomic mass is 32.2. The van der Waals surface area contributed by atoms with Gasteiger partial charge in [0.1, 0.15) is 10.7 Å². The Hall–Kier alpha value is -1.18. The quantitative estimate of drug-likeness (QED) is 0.784. The van der Waals surface area contributed by atoms with E-state index in [1.54, 1.807) is 12.1 Å². The molecule has 0 spiro atoms. The molecule has 3 fully saturated rings. The molecular formula is C17H26N4O2S. The van der Waals surface area contributed by atoms with Crippen molar-refractivity contribution >= 4 is 15.8 Å². The van der Waals surface area contributed by atoms with E-state index in [2.05, 4.69) is 19.9 Å². The molecular weight excluding hydrogens is 324 g/mol. The van der Waals surface area contributed by atoms with Crippen molar-refractivity contribution in [2.24, 2.45) is 5.92 Å². The summed E-state index contributed by atoms with van der Waals surface area (Å²) < 4.78 is 27.1. The SMILES string of the molecule is O=S(=O)(NCC1CC1)c1ccc(NC2CCN(C3CC3)CC2)nc1. The van der Waals surface area contributed by atoms with Crippen LogP contribution in [0.1, 0.15) is 38.5 Å². The number of nitrogens with one attached hydrogen (secondary N) is 2. The standard InChI is InChI=1S/C17H26N4O2S/c22-24(23,19-11-13-1-2-13)16-5-6-17(18-12-16)20-14-7-9-21(10-8-14)15-3-4-15/h5-6,12-15,19H,1-4,7-11H2,(H,18,20). The zero-order valence-corrected chi connectivity index (χ0v) is 14.8. The van der Waals surface area contributed by atoms with E-state index >= 15 is 0 Å². The molecule has 0 unspecified atom stereocenters. The predicted molar refractivity (Wildman–Crippen MR) is 93.4 cm³/mol. The van der Waals surface area contributed by atoms with Gasteiger partial charge in [-0.1, -0.05) is 0 Å². The van der Waals surface area contributed by atoms with E-state index in [0.717, 1.165) is 50.6 Å². The summed E-state index contributed by atoms with van der Waals surface area (Å²) in [5, 5.41) is 3.45. The van der Waals surface area contributed by atoms with E-state index < -0.39 is 10.0 Å². The molecule has 1 saturated heterocycles. The molecule has 0 bridgehead atoms. The summed E-state index contributed by atoms with van der Waals surface area (Å²) in [6.45, 7) is 2.85. The third-order valence-electron chi connectivity index (χ3n) is 5.25. The first-order chi connectivity index (χ1) is 11.6. The van der Waals surface area contributed by atoms with Gasteiger partial charge in [-0.25, -0.2) is 18.1 Å². The smallest absolute Gasteiger partial charge is 0.242 e. The van der Waals surface area contributed by atoms with Crippen LogP contribution in [0.25, 0.3) is 0 Å². The molecule has 2 N–H and O–H groups in total. The molecule has 1 aliphatic heterocycles. The molecule has 1 aromatic rings. The lowest BCUT2D eigenvalue weighted by molar-refractivity contribution is 0.210. The van der Waals surface area contributed by atoms with Crippen LogP contribution < -0.4 is 10.0 Å². The van der Waals surface area contributed by atoms with Crippen LogP contribution in [0.4, 0.5) is 5.82 Å². The molecule has 3 aliphatic rings. The summed E-state index contributed by atoms with van der Waals surface area (Å²) in [5.41, 5.74) is 0. The van der Waals surface area contributed by atoms with Gasteiger partial charge in [-0.15, -0.1) is 0 Å². The lowest BCUT2D eigenvalue weighted by atomic mass is 10.0. The van der Waals surface area contributed by atoms with Crippen molar-refractivity contribution in [1.29, 1.82) is 0 Å². The second-order valence-corrected chi connectivity index (χ2v) is 9.13. The van der Waals surface area contributed by atoms with E-state index in [9.17, 15) is 8.42 Å². The summed E-state index contributed by atoms with van der Waals surface area (Å²) in [6.07, 6.45) is 8.69. The van der Waals surface area contributed by atoms with Gasteiger partial charge in [-0.05, 0) is 56.6 Å². The van der Waals surface area contributed by atoms with E-state index in [1.165, 1.54) is 19.0 Å². The van der Waals surface area contributed by atoms with Crippen LogP contribution in [0.5, 0.6) is 0 Å².